The SMILES string of the molecule is [O]c1ccc2nc(N3CCC(Nc4ccc(C(F)(F)C(F)(F)F)cc4)CC3)sc2c1. The number of rotatable bonds is 4. The molecule has 4 rings (SSSR count). The zero-order valence-corrected chi connectivity index (χ0v) is 16.4. The van der Waals surface area contributed by atoms with Crippen molar-refractivity contribution in [3.05, 3.63) is 48.0 Å². The Balaban J connectivity index is 1.36. The lowest BCUT2D eigenvalue weighted by molar-refractivity contribution is -0.289. The zero-order chi connectivity index (χ0) is 21.5. The number of hydrogen-bond donors (Lipinski definition) is 1. The second kappa shape index (κ2) is 7.57. The molecule has 159 valence electrons. The molecule has 2 aromatic carbocycles. The van der Waals surface area contributed by atoms with E-state index in [2.05, 4.69) is 15.2 Å². The van der Waals surface area contributed by atoms with Gasteiger partial charge < -0.3 is 10.2 Å². The molecule has 10 heteroatoms. The van der Waals surface area contributed by atoms with Gasteiger partial charge in [-0.3, -0.25) is 5.11 Å². The van der Waals surface area contributed by atoms with Crippen molar-refractivity contribution < 1.29 is 27.1 Å². The predicted octanol–water partition coefficient (Wildman–Crippen LogP) is 6.18. The Hall–Kier alpha value is -2.62. The zero-order valence-electron chi connectivity index (χ0n) is 15.5. The van der Waals surface area contributed by atoms with Crippen LogP contribution in [0.3, 0.4) is 0 Å². The highest BCUT2D eigenvalue weighted by Gasteiger charge is 2.58. The van der Waals surface area contributed by atoms with E-state index in [1.54, 1.807) is 12.1 Å². The fraction of sp³-hybridized carbons (Fsp3) is 0.350. The van der Waals surface area contributed by atoms with E-state index in [1.807, 2.05) is 0 Å². The third kappa shape index (κ3) is 4.00. The normalized spacial score (nSPS) is 16.2. The summed E-state index contributed by atoms with van der Waals surface area (Å²) in [6.07, 6.45) is -4.11. The van der Waals surface area contributed by atoms with Gasteiger partial charge in [0, 0.05) is 36.4 Å². The van der Waals surface area contributed by atoms with Crippen molar-refractivity contribution in [1.29, 1.82) is 0 Å². The summed E-state index contributed by atoms with van der Waals surface area (Å²) in [6.45, 7) is 1.43. The maximum atomic E-state index is 13.4. The lowest BCUT2D eigenvalue weighted by Crippen LogP contribution is -2.39. The number of anilines is 2. The van der Waals surface area contributed by atoms with Crippen LogP contribution in [0.2, 0.25) is 0 Å². The van der Waals surface area contributed by atoms with Crippen LogP contribution in [0.5, 0.6) is 5.75 Å². The Morgan fingerprint density at radius 2 is 1.67 bits per heavy atom. The summed E-state index contributed by atoms with van der Waals surface area (Å²) in [6, 6.07) is 8.92. The second-order valence-corrected chi connectivity index (χ2v) is 8.19. The quantitative estimate of drug-likeness (QED) is 0.491. The molecule has 1 fully saturated rings. The molecule has 1 aliphatic heterocycles. The Morgan fingerprint density at radius 1 is 1.00 bits per heavy atom. The molecule has 0 spiro atoms. The number of fused-ring (bicyclic) bond motifs is 1. The van der Waals surface area contributed by atoms with Crippen LogP contribution in [0, 0.1) is 0 Å². The molecule has 1 aromatic heterocycles. The minimum absolute atomic E-state index is 0.0559. The number of hydrogen-bond acceptors (Lipinski definition) is 4. The summed E-state index contributed by atoms with van der Waals surface area (Å²) in [5.74, 6) is -4.93. The summed E-state index contributed by atoms with van der Waals surface area (Å²) < 4.78 is 65.0. The van der Waals surface area contributed by atoms with Crippen LogP contribution in [0.25, 0.3) is 10.2 Å². The average Bonchev–Trinajstić information content (AvgIpc) is 3.11. The highest BCUT2D eigenvalue weighted by molar-refractivity contribution is 7.22. The van der Waals surface area contributed by atoms with Crippen molar-refractivity contribution in [3.63, 3.8) is 0 Å². The van der Waals surface area contributed by atoms with Crippen LogP contribution < -0.4 is 10.2 Å². The Morgan fingerprint density at radius 3 is 2.30 bits per heavy atom. The highest BCUT2D eigenvalue weighted by Crippen LogP contribution is 2.44. The molecule has 30 heavy (non-hydrogen) atoms. The smallest absolute Gasteiger partial charge is 0.382 e. The maximum absolute atomic E-state index is 13.4. The lowest BCUT2D eigenvalue weighted by Gasteiger charge is -2.32. The van der Waals surface area contributed by atoms with Crippen LogP contribution in [0.15, 0.2) is 42.5 Å². The molecule has 0 atom stereocenters. The summed E-state index contributed by atoms with van der Waals surface area (Å²) in [4.78, 5) is 6.69. The van der Waals surface area contributed by atoms with Gasteiger partial charge >= 0.3 is 12.1 Å². The number of nitrogens with one attached hydrogen (secondary N) is 1. The van der Waals surface area contributed by atoms with E-state index in [9.17, 15) is 27.1 Å². The molecule has 0 amide bonds. The molecule has 0 bridgehead atoms. The van der Waals surface area contributed by atoms with Gasteiger partial charge in [0.15, 0.2) is 10.9 Å². The van der Waals surface area contributed by atoms with Crippen LogP contribution in [0.1, 0.15) is 18.4 Å². The minimum atomic E-state index is -5.62. The number of halogens is 5. The van der Waals surface area contributed by atoms with E-state index in [0.717, 1.165) is 40.3 Å². The van der Waals surface area contributed by atoms with Gasteiger partial charge in [0.2, 0.25) is 0 Å². The standard InChI is InChI=1S/C20H17F5N3OS/c21-19(22,20(23,24)25)12-1-3-13(4-2-12)26-14-7-9-28(10-8-14)18-27-16-6-5-15(29)11-17(16)30-18/h1-6,11,14,26H,7-10H2. The molecule has 0 saturated carbocycles. The minimum Gasteiger partial charge on any atom is -0.382 e. The van der Waals surface area contributed by atoms with Crippen LogP contribution in [-0.2, 0) is 11.0 Å². The van der Waals surface area contributed by atoms with Gasteiger partial charge in [0.25, 0.3) is 0 Å². The maximum Gasteiger partial charge on any atom is 0.458 e. The van der Waals surface area contributed by atoms with Gasteiger partial charge in [-0.15, -0.1) is 0 Å². The topological polar surface area (TPSA) is 48.1 Å². The molecular formula is C20H17F5N3OS. The van der Waals surface area contributed by atoms with Gasteiger partial charge in [-0.05, 0) is 37.1 Å². The first-order valence-corrected chi connectivity index (χ1v) is 10.1. The van der Waals surface area contributed by atoms with Crippen LogP contribution in [0.4, 0.5) is 32.8 Å². The van der Waals surface area contributed by atoms with Gasteiger partial charge in [0.05, 0.1) is 10.2 Å². The second-order valence-electron chi connectivity index (χ2n) is 7.18. The average molecular weight is 442 g/mol. The van der Waals surface area contributed by atoms with E-state index < -0.39 is 17.7 Å². The van der Waals surface area contributed by atoms with E-state index in [1.165, 1.54) is 29.5 Å². The van der Waals surface area contributed by atoms with E-state index in [0.29, 0.717) is 18.8 Å². The van der Waals surface area contributed by atoms with Gasteiger partial charge in [0.1, 0.15) is 0 Å². The van der Waals surface area contributed by atoms with Crippen molar-refractivity contribution in [2.75, 3.05) is 23.3 Å². The van der Waals surface area contributed by atoms with E-state index in [4.69, 9.17) is 0 Å². The molecule has 1 radical (unpaired) electrons. The fourth-order valence-electron chi connectivity index (χ4n) is 3.42. The lowest BCUT2D eigenvalue weighted by atomic mass is 10.0. The van der Waals surface area contributed by atoms with E-state index >= 15 is 0 Å². The Kier molecular flexibility index (Phi) is 5.21. The summed E-state index contributed by atoms with van der Waals surface area (Å²) in [7, 11) is 0. The van der Waals surface area contributed by atoms with Crippen molar-refractivity contribution >= 4 is 32.4 Å². The van der Waals surface area contributed by atoms with Gasteiger partial charge in [-0.1, -0.05) is 23.5 Å². The molecule has 0 aliphatic carbocycles. The van der Waals surface area contributed by atoms with Crippen LogP contribution >= 0.6 is 11.3 Å². The van der Waals surface area contributed by atoms with Crippen molar-refractivity contribution in [2.24, 2.45) is 0 Å². The first-order valence-electron chi connectivity index (χ1n) is 9.28. The van der Waals surface area contributed by atoms with Crippen molar-refractivity contribution in [2.45, 2.75) is 31.0 Å². The first kappa shape index (κ1) is 20.6. The predicted molar refractivity (Wildman–Crippen MR) is 105 cm³/mol. The largest absolute Gasteiger partial charge is 0.458 e. The number of benzene rings is 2. The number of nitrogens with zero attached hydrogens (tertiary/aromatic N) is 2. The molecule has 4 nitrogen and oxygen atoms in total. The molecule has 1 aliphatic rings. The number of alkyl halides is 5. The van der Waals surface area contributed by atoms with E-state index in [-0.39, 0.29) is 11.8 Å². The number of thiazole rings is 1. The first-order chi connectivity index (χ1) is 14.1. The number of aromatic nitrogens is 1. The fourth-order valence-corrected chi connectivity index (χ4v) is 4.46. The monoisotopic (exact) mass is 442 g/mol. The summed E-state index contributed by atoms with van der Waals surface area (Å²) >= 11 is 1.46. The Labute approximate surface area is 173 Å². The van der Waals surface area contributed by atoms with Crippen molar-refractivity contribution in [3.8, 4) is 5.75 Å². The molecule has 3 aromatic rings. The number of piperidine rings is 1. The molecular weight excluding hydrogens is 425 g/mol. The summed E-state index contributed by atoms with van der Waals surface area (Å²) in [5.41, 5.74) is 0.205. The molecule has 0 unspecified atom stereocenters. The Bertz CT molecular complexity index is 1030. The highest BCUT2D eigenvalue weighted by atomic mass is 32.1. The van der Waals surface area contributed by atoms with Crippen molar-refractivity contribution in [1.82, 2.24) is 4.98 Å². The van der Waals surface area contributed by atoms with Gasteiger partial charge in [-0.25, -0.2) is 4.98 Å². The van der Waals surface area contributed by atoms with Crippen LogP contribution in [-0.4, -0.2) is 30.3 Å². The third-order valence-corrected chi connectivity index (χ3v) is 6.17. The third-order valence-electron chi connectivity index (χ3n) is 5.09. The molecule has 1 N–H and O–H groups in total. The molecule has 2 heterocycles. The van der Waals surface area contributed by atoms with Gasteiger partial charge in [-0.2, -0.15) is 22.0 Å². The summed E-state index contributed by atoms with van der Waals surface area (Å²) in [5, 5.41) is 15.5. The molecule has 1 saturated heterocycles.